The molecule has 106 valence electrons. The van der Waals surface area contributed by atoms with Gasteiger partial charge in [-0.25, -0.2) is 0 Å². The minimum Gasteiger partial charge on any atom is -0.396 e. The molecule has 18 heavy (non-hydrogen) atoms. The van der Waals surface area contributed by atoms with Gasteiger partial charge in [-0.3, -0.25) is 9.59 Å². The largest absolute Gasteiger partial charge is 0.396 e. The summed E-state index contributed by atoms with van der Waals surface area (Å²) in [6.07, 6.45) is 0.777. The molecule has 0 saturated heterocycles. The maximum absolute atomic E-state index is 11.8. The fraction of sp³-hybridized carbons (Fsp3) is 0.833. The van der Waals surface area contributed by atoms with E-state index >= 15 is 0 Å². The van der Waals surface area contributed by atoms with Crippen molar-refractivity contribution < 1.29 is 14.7 Å². The second-order valence-corrected chi connectivity index (χ2v) is 5.63. The minimum absolute atomic E-state index is 0.0657. The number of aliphatic hydroxyl groups is 1. The van der Waals surface area contributed by atoms with E-state index in [4.69, 9.17) is 5.11 Å². The Morgan fingerprint density at radius 1 is 1.28 bits per heavy atom. The summed E-state index contributed by atoms with van der Waals surface area (Å²) in [5.41, 5.74) is 0. The third-order valence-corrected chi connectivity index (χ3v) is 3.37. The number of hydrogen-bond acceptors (Lipinski definition) is 4. The van der Waals surface area contributed by atoms with Crippen molar-refractivity contribution in [2.75, 3.05) is 24.7 Å². The highest BCUT2D eigenvalue weighted by molar-refractivity contribution is 7.99. The fourth-order valence-electron chi connectivity index (χ4n) is 1.38. The molecule has 0 fully saturated rings. The molecule has 1 atom stereocenters. The smallest absolute Gasteiger partial charge is 0.242 e. The number of amides is 2. The van der Waals surface area contributed by atoms with Gasteiger partial charge in [0.15, 0.2) is 0 Å². The van der Waals surface area contributed by atoms with E-state index in [0.717, 1.165) is 17.9 Å². The van der Waals surface area contributed by atoms with E-state index < -0.39 is 6.04 Å². The Balaban J connectivity index is 3.85. The highest BCUT2D eigenvalue weighted by atomic mass is 32.2. The average molecular weight is 276 g/mol. The van der Waals surface area contributed by atoms with Crippen LogP contribution < -0.4 is 10.6 Å². The fourth-order valence-corrected chi connectivity index (χ4v) is 2.16. The van der Waals surface area contributed by atoms with Gasteiger partial charge in [0.05, 0.1) is 0 Å². The van der Waals surface area contributed by atoms with Crippen LogP contribution in [-0.2, 0) is 9.59 Å². The van der Waals surface area contributed by atoms with E-state index in [-0.39, 0.29) is 24.3 Å². The molecule has 0 spiro atoms. The van der Waals surface area contributed by atoms with Crippen molar-refractivity contribution in [1.29, 1.82) is 0 Å². The molecule has 0 aliphatic rings. The molecule has 0 aliphatic carbocycles. The summed E-state index contributed by atoms with van der Waals surface area (Å²) in [6.45, 7) is 5.99. The Morgan fingerprint density at radius 2 is 1.94 bits per heavy atom. The molecule has 0 rings (SSSR count). The third-order valence-electron chi connectivity index (χ3n) is 2.30. The lowest BCUT2D eigenvalue weighted by Crippen LogP contribution is -2.49. The molecular formula is C12H24N2O3S. The Labute approximate surface area is 113 Å². The SMILES string of the molecule is CC(=O)NC(C(=O)NCCSCCCO)C(C)C. The maximum Gasteiger partial charge on any atom is 0.242 e. The van der Waals surface area contributed by atoms with Crippen molar-refractivity contribution in [3.8, 4) is 0 Å². The van der Waals surface area contributed by atoms with Gasteiger partial charge in [-0.05, 0) is 18.1 Å². The second kappa shape index (κ2) is 10.2. The number of carbonyl (C=O) groups excluding carboxylic acids is 2. The summed E-state index contributed by atoms with van der Waals surface area (Å²) < 4.78 is 0. The summed E-state index contributed by atoms with van der Waals surface area (Å²) in [4.78, 5) is 22.8. The molecule has 2 amide bonds. The molecule has 0 bridgehead atoms. The van der Waals surface area contributed by atoms with Crippen LogP contribution in [0.2, 0.25) is 0 Å². The van der Waals surface area contributed by atoms with E-state index in [1.165, 1.54) is 6.92 Å². The lowest BCUT2D eigenvalue weighted by Gasteiger charge is -2.20. The zero-order valence-corrected chi connectivity index (χ0v) is 12.2. The van der Waals surface area contributed by atoms with Gasteiger partial charge >= 0.3 is 0 Å². The lowest BCUT2D eigenvalue weighted by molar-refractivity contribution is -0.129. The van der Waals surface area contributed by atoms with E-state index in [9.17, 15) is 9.59 Å². The first-order valence-electron chi connectivity index (χ1n) is 6.22. The van der Waals surface area contributed by atoms with Gasteiger partial charge < -0.3 is 15.7 Å². The van der Waals surface area contributed by atoms with Crippen LogP contribution in [0.15, 0.2) is 0 Å². The standard InChI is InChI=1S/C12H24N2O3S/c1-9(2)11(14-10(3)16)12(17)13-5-8-18-7-4-6-15/h9,11,15H,4-8H2,1-3H3,(H,13,17)(H,14,16). The zero-order valence-electron chi connectivity index (χ0n) is 11.4. The molecule has 0 aromatic heterocycles. The molecule has 1 unspecified atom stereocenters. The molecule has 0 aliphatic heterocycles. The van der Waals surface area contributed by atoms with Crippen molar-refractivity contribution in [3.05, 3.63) is 0 Å². The topological polar surface area (TPSA) is 78.4 Å². The first-order chi connectivity index (χ1) is 8.49. The van der Waals surface area contributed by atoms with Gasteiger partial charge in [-0.1, -0.05) is 13.8 Å². The van der Waals surface area contributed by atoms with Crippen LogP contribution in [0.4, 0.5) is 0 Å². The van der Waals surface area contributed by atoms with Crippen molar-refractivity contribution >= 4 is 23.6 Å². The quantitative estimate of drug-likeness (QED) is 0.532. The van der Waals surface area contributed by atoms with E-state index in [2.05, 4.69) is 10.6 Å². The third kappa shape index (κ3) is 8.36. The minimum atomic E-state index is -0.468. The van der Waals surface area contributed by atoms with Crippen molar-refractivity contribution in [2.24, 2.45) is 5.92 Å². The van der Waals surface area contributed by atoms with Crippen molar-refractivity contribution in [1.82, 2.24) is 10.6 Å². The molecular weight excluding hydrogens is 252 g/mol. The predicted octanol–water partition coefficient (Wildman–Crippen LogP) is 0.379. The molecule has 5 nitrogen and oxygen atoms in total. The Morgan fingerprint density at radius 3 is 2.44 bits per heavy atom. The lowest BCUT2D eigenvalue weighted by atomic mass is 10.0. The molecule has 0 heterocycles. The van der Waals surface area contributed by atoms with Crippen molar-refractivity contribution in [2.45, 2.75) is 33.2 Å². The van der Waals surface area contributed by atoms with E-state index in [1.807, 2.05) is 13.8 Å². The highest BCUT2D eigenvalue weighted by Gasteiger charge is 2.22. The predicted molar refractivity (Wildman–Crippen MR) is 74.5 cm³/mol. The Kier molecular flexibility index (Phi) is 9.77. The summed E-state index contributed by atoms with van der Waals surface area (Å²) in [5.74, 6) is 1.45. The van der Waals surface area contributed by atoms with E-state index in [0.29, 0.717) is 6.54 Å². The van der Waals surface area contributed by atoms with Crippen LogP contribution in [0.3, 0.4) is 0 Å². The second-order valence-electron chi connectivity index (χ2n) is 4.40. The van der Waals surface area contributed by atoms with E-state index in [1.54, 1.807) is 11.8 Å². The summed E-state index contributed by atoms with van der Waals surface area (Å²) in [5, 5.41) is 14.1. The monoisotopic (exact) mass is 276 g/mol. The number of carbonyl (C=O) groups is 2. The van der Waals surface area contributed by atoms with Gasteiger partial charge in [0, 0.05) is 25.8 Å². The van der Waals surface area contributed by atoms with Crippen LogP contribution >= 0.6 is 11.8 Å². The molecule has 3 N–H and O–H groups in total. The Bertz CT molecular complexity index is 260. The molecule has 0 radical (unpaired) electrons. The first kappa shape index (κ1) is 17.2. The van der Waals surface area contributed by atoms with Gasteiger partial charge in [0.25, 0.3) is 0 Å². The number of nitrogens with one attached hydrogen (secondary N) is 2. The maximum atomic E-state index is 11.8. The Hall–Kier alpha value is -0.750. The van der Waals surface area contributed by atoms with Gasteiger partial charge in [0.2, 0.25) is 11.8 Å². The average Bonchev–Trinajstić information content (AvgIpc) is 2.29. The van der Waals surface area contributed by atoms with Crippen LogP contribution in [0.25, 0.3) is 0 Å². The number of thioether (sulfide) groups is 1. The van der Waals surface area contributed by atoms with Crippen molar-refractivity contribution in [3.63, 3.8) is 0 Å². The zero-order chi connectivity index (χ0) is 14.0. The van der Waals surface area contributed by atoms with Crippen LogP contribution in [0, 0.1) is 5.92 Å². The normalized spacial score (nSPS) is 12.3. The first-order valence-corrected chi connectivity index (χ1v) is 7.38. The number of hydrogen-bond donors (Lipinski definition) is 3. The number of rotatable bonds is 9. The van der Waals surface area contributed by atoms with Gasteiger partial charge in [0.1, 0.15) is 6.04 Å². The molecule has 0 saturated carbocycles. The number of aliphatic hydroxyl groups excluding tert-OH is 1. The highest BCUT2D eigenvalue weighted by Crippen LogP contribution is 2.03. The van der Waals surface area contributed by atoms with Gasteiger partial charge in [-0.2, -0.15) is 11.8 Å². The van der Waals surface area contributed by atoms with Crippen LogP contribution in [0.5, 0.6) is 0 Å². The summed E-state index contributed by atoms with van der Waals surface area (Å²) in [6, 6.07) is -0.468. The summed E-state index contributed by atoms with van der Waals surface area (Å²) in [7, 11) is 0. The van der Waals surface area contributed by atoms with Crippen LogP contribution in [0.1, 0.15) is 27.2 Å². The molecule has 6 heteroatoms. The van der Waals surface area contributed by atoms with Crippen LogP contribution in [-0.4, -0.2) is 47.6 Å². The van der Waals surface area contributed by atoms with Gasteiger partial charge in [-0.15, -0.1) is 0 Å². The molecule has 0 aromatic rings. The molecule has 0 aromatic carbocycles. The summed E-state index contributed by atoms with van der Waals surface area (Å²) >= 11 is 1.69.